The summed E-state index contributed by atoms with van der Waals surface area (Å²) >= 11 is 0. The van der Waals surface area contributed by atoms with Gasteiger partial charge in [0.15, 0.2) is 0 Å². The number of piperazine rings is 1. The van der Waals surface area contributed by atoms with Crippen LogP contribution < -0.4 is 14.5 Å². The molecular formula is C22H29N3O+2. The van der Waals surface area contributed by atoms with Crippen molar-refractivity contribution in [2.24, 2.45) is 0 Å². The van der Waals surface area contributed by atoms with Gasteiger partial charge in [0.25, 0.3) is 0 Å². The third kappa shape index (κ3) is 3.11. The zero-order valence-corrected chi connectivity index (χ0v) is 15.9. The second-order valence-electron chi connectivity index (χ2n) is 7.53. The van der Waals surface area contributed by atoms with Crippen molar-refractivity contribution in [3.63, 3.8) is 0 Å². The standard InChI is InChI=1S/C22H27N3O/c1-16-21(19-6-4-5-7-20(19)23-16)22(25-14-12-24(2)13-15-25)17-8-10-18(26-3)11-9-17/h4-11,22-23H,12-15H2,1-3H3/p+2/t22-/m1/s1. The normalized spacial score (nSPS) is 21.7. The molecule has 136 valence electrons. The van der Waals surface area contributed by atoms with Crippen molar-refractivity contribution in [2.75, 3.05) is 40.3 Å². The van der Waals surface area contributed by atoms with Crippen molar-refractivity contribution in [3.8, 4) is 5.75 Å². The van der Waals surface area contributed by atoms with E-state index in [1.54, 1.807) is 16.9 Å². The number of H-pyrrole nitrogens is 1. The van der Waals surface area contributed by atoms with Crippen molar-refractivity contribution in [3.05, 3.63) is 65.4 Å². The van der Waals surface area contributed by atoms with E-state index in [0.29, 0.717) is 6.04 Å². The third-order valence-corrected chi connectivity index (χ3v) is 5.84. The SMILES string of the molecule is COc1ccc([C@H](c2c(C)[nH]c3ccccc23)[NH+]2CC[NH+](C)CC2)cc1. The fourth-order valence-corrected chi connectivity index (χ4v) is 4.36. The number of aryl methyl sites for hydroxylation is 1. The number of fused-ring (bicyclic) bond motifs is 1. The Morgan fingerprint density at radius 2 is 1.65 bits per heavy atom. The summed E-state index contributed by atoms with van der Waals surface area (Å²) in [5, 5.41) is 1.35. The van der Waals surface area contributed by atoms with E-state index in [-0.39, 0.29) is 0 Å². The van der Waals surface area contributed by atoms with Crippen molar-refractivity contribution in [1.29, 1.82) is 0 Å². The lowest BCUT2D eigenvalue weighted by atomic mass is 9.94. The highest BCUT2D eigenvalue weighted by Gasteiger charge is 2.33. The van der Waals surface area contributed by atoms with Crippen LogP contribution in [0.5, 0.6) is 5.75 Å². The Kier molecular flexibility index (Phi) is 4.70. The minimum Gasteiger partial charge on any atom is -0.497 e. The number of hydrogen-bond acceptors (Lipinski definition) is 1. The van der Waals surface area contributed by atoms with Crippen LogP contribution in [0.4, 0.5) is 0 Å². The monoisotopic (exact) mass is 351 g/mol. The van der Waals surface area contributed by atoms with Gasteiger partial charge in [0.05, 0.1) is 14.2 Å². The summed E-state index contributed by atoms with van der Waals surface area (Å²) in [6, 6.07) is 17.7. The summed E-state index contributed by atoms with van der Waals surface area (Å²) in [5.41, 5.74) is 5.33. The van der Waals surface area contributed by atoms with E-state index in [1.807, 2.05) is 0 Å². The second-order valence-corrected chi connectivity index (χ2v) is 7.53. The molecule has 1 atom stereocenters. The van der Waals surface area contributed by atoms with Gasteiger partial charge < -0.3 is 19.5 Å². The molecule has 0 unspecified atom stereocenters. The molecule has 1 aromatic heterocycles. The van der Waals surface area contributed by atoms with Gasteiger partial charge in [-0.05, 0) is 37.3 Å². The summed E-state index contributed by atoms with van der Waals surface area (Å²) in [6.45, 7) is 7.06. The highest BCUT2D eigenvalue weighted by atomic mass is 16.5. The summed E-state index contributed by atoms with van der Waals surface area (Å²) in [6.07, 6.45) is 0. The molecule has 4 heteroatoms. The van der Waals surface area contributed by atoms with Gasteiger partial charge in [-0.2, -0.15) is 0 Å². The maximum Gasteiger partial charge on any atom is 0.142 e. The third-order valence-electron chi connectivity index (χ3n) is 5.84. The Bertz CT molecular complexity index is 876. The molecule has 26 heavy (non-hydrogen) atoms. The number of nitrogens with one attached hydrogen (secondary N) is 3. The van der Waals surface area contributed by atoms with E-state index in [1.165, 1.54) is 53.9 Å². The van der Waals surface area contributed by atoms with Crippen LogP contribution in [-0.2, 0) is 0 Å². The molecule has 4 nitrogen and oxygen atoms in total. The van der Waals surface area contributed by atoms with Crippen LogP contribution in [0.1, 0.15) is 22.9 Å². The molecule has 0 aliphatic carbocycles. The smallest absolute Gasteiger partial charge is 0.142 e. The molecule has 3 N–H and O–H groups in total. The van der Waals surface area contributed by atoms with Crippen LogP contribution in [0.3, 0.4) is 0 Å². The first-order valence-corrected chi connectivity index (χ1v) is 9.54. The van der Waals surface area contributed by atoms with Gasteiger partial charge in [0.1, 0.15) is 38.0 Å². The van der Waals surface area contributed by atoms with E-state index >= 15 is 0 Å². The number of hydrogen-bond donors (Lipinski definition) is 3. The number of ether oxygens (including phenoxy) is 1. The molecule has 0 amide bonds. The summed E-state index contributed by atoms with van der Waals surface area (Å²) in [5.74, 6) is 0.918. The molecule has 1 saturated heterocycles. The molecule has 3 aromatic rings. The number of benzene rings is 2. The first-order valence-electron chi connectivity index (χ1n) is 9.54. The van der Waals surface area contributed by atoms with E-state index in [2.05, 4.69) is 67.5 Å². The number of quaternary nitrogens is 2. The lowest BCUT2D eigenvalue weighted by molar-refractivity contribution is -1.02. The summed E-state index contributed by atoms with van der Waals surface area (Å²) < 4.78 is 5.38. The molecule has 1 fully saturated rings. The van der Waals surface area contributed by atoms with Crippen molar-refractivity contribution in [2.45, 2.75) is 13.0 Å². The van der Waals surface area contributed by atoms with Crippen LogP contribution in [0.2, 0.25) is 0 Å². The van der Waals surface area contributed by atoms with Crippen LogP contribution in [-0.4, -0.2) is 45.3 Å². The number of aromatic nitrogens is 1. The van der Waals surface area contributed by atoms with Gasteiger partial charge in [0, 0.05) is 27.7 Å². The quantitative estimate of drug-likeness (QED) is 0.644. The van der Waals surface area contributed by atoms with Crippen LogP contribution >= 0.6 is 0 Å². The van der Waals surface area contributed by atoms with Gasteiger partial charge >= 0.3 is 0 Å². The molecule has 2 aromatic carbocycles. The van der Waals surface area contributed by atoms with Crippen molar-refractivity contribution >= 4 is 10.9 Å². The van der Waals surface area contributed by atoms with Gasteiger partial charge in [-0.15, -0.1) is 0 Å². The molecule has 2 heterocycles. The van der Waals surface area contributed by atoms with Gasteiger partial charge in [-0.1, -0.05) is 18.2 Å². The largest absolute Gasteiger partial charge is 0.497 e. The number of rotatable bonds is 4. The minimum absolute atomic E-state index is 0.352. The number of methoxy groups -OCH3 is 1. The van der Waals surface area contributed by atoms with Crippen molar-refractivity contribution < 1.29 is 14.5 Å². The lowest BCUT2D eigenvalue weighted by Gasteiger charge is -2.34. The fraction of sp³-hybridized carbons (Fsp3) is 0.364. The Hall–Kier alpha value is -2.30. The predicted octanol–water partition coefficient (Wildman–Crippen LogP) is 0.988. The number of para-hydroxylation sites is 1. The highest BCUT2D eigenvalue weighted by Crippen LogP contribution is 2.31. The topological polar surface area (TPSA) is 33.9 Å². The van der Waals surface area contributed by atoms with Crippen molar-refractivity contribution in [1.82, 2.24) is 4.98 Å². The van der Waals surface area contributed by atoms with E-state index in [4.69, 9.17) is 4.74 Å². The summed E-state index contributed by atoms with van der Waals surface area (Å²) in [4.78, 5) is 6.90. The van der Waals surface area contributed by atoms with E-state index < -0.39 is 0 Å². The molecule has 1 aliphatic heterocycles. The molecule has 0 radical (unpaired) electrons. The van der Waals surface area contributed by atoms with Crippen LogP contribution in [0.15, 0.2) is 48.5 Å². The van der Waals surface area contributed by atoms with Crippen LogP contribution in [0, 0.1) is 6.92 Å². The fourth-order valence-electron chi connectivity index (χ4n) is 4.36. The Morgan fingerprint density at radius 1 is 0.962 bits per heavy atom. The molecule has 1 aliphatic rings. The van der Waals surface area contributed by atoms with Crippen LogP contribution in [0.25, 0.3) is 10.9 Å². The maximum absolute atomic E-state index is 5.38. The van der Waals surface area contributed by atoms with Gasteiger partial charge in [-0.3, -0.25) is 0 Å². The molecular weight excluding hydrogens is 322 g/mol. The minimum atomic E-state index is 0.352. The summed E-state index contributed by atoms with van der Waals surface area (Å²) in [7, 11) is 4.03. The number of likely N-dealkylation sites (N-methyl/N-ethyl adjacent to an activating group) is 1. The molecule has 4 rings (SSSR count). The number of aromatic amines is 1. The first-order chi connectivity index (χ1) is 12.7. The predicted molar refractivity (Wildman–Crippen MR) is 105 cm³/mol. The first kappa shape index (κ1) is 17.1. The Morgan fingerprint density at radius 3 is 2.35 bits per heavy atom. The zero-order valence-electron chi connectivity index (χ0n) is 15.9. The Labute approximate surface area is 155 Å². The van der Waals surface area contributed by atoms with E-state index in [0.717, 1.165) is 5.75 Å². The Balaban J connectivity index is 1.82. The maximum atomic E-state index is 5.38. The average Bonchev–Trinajstić information content (AvgIpc) is 3.00. The van der Waals surface area contributed by atoms with Gasteiger partial charge in [0.2, 0.25) is 0 Å². The molecule has 0 spiro atoms. The molecule has 0 saturated carbocycles. The molecule has 0 bridgehead atoms. The van der Waals surface area contributed by atoms with Gasteiger partial charge in [-0.25, -0.2) is 0 Å². The zero-order chi connectivity index (χ0) is 18.1. The average molecular weight is 351 g/mol. The highest BCUT2D eigenvalue weighted by molar-refractivity contribution is 5.85. The van der Waals surface area contributed by atoms with E-state index in [9.17, 15) is 0 Å². The lowest BCUT2D eigenvalue weighted by Crippen LogP contribution is -3.27. The second kappa shape index (κ2) is 7.14.